The quantitative estimate of drug-likeness (QED) is 0.609. The van der Waals surface area contributed by atoms with Crippen molar-refractivity contribution < 1.29 is 13.3 Å². The standard InChI is InChI=1S/C16H18N2O4S2/c1-11-5-8-15(23-11)13-4-3-9-17(13)12-6-7-14(18(19)20)16(10-12)24(2,21)22/h5-8,10,13H,3-4,9H2,1-2H3. The molecule has 1 aromatic heterocycles. The third-order valence-electron chi connectivity index (χ3n) is 4.21. The lowest BCUT2D eigenvalue weighted by Crippen LogP contribution is -2.22. The molecule has 0 N–H and O–H groups in total. The summed E-state index contributed by atoms with van der Waals surface area (Å²) in [5.41, 5.74) is 0.346. The van der Waals surface area contributed by atoms with Crippen LogP contribution < -0.4 is 4.90 Å². The fourth-order valence-corrected chi connectivity index (χ4v) is 5.02. The topological polar surface area (TPSA) is 80.5 Å². The summed E-state index contributed by atoms with van der Waals surface area (Å²) in [7, 11) is -3.67. The van der Waals surface area contributed by atoms with E-state index in [2.05, 4.69) is 24.0 Å². The number of sulfone groups is 1. The molecule has 2 aromatic rings. The normalized spacial score (nSPS) is 18.1. The Bertz CT molecular complexity index is 889. The zero-order valence-electron chi connectivity index (χ0n) is 13.4. The maximum atomic E-state index is 12.0. The molecule has 1 aromatic carbocycles. The lowest BCUT2D eigenvalue weighted by molar-refractivity contribution is -0.387. The summed E-state index contributed by atoms with van der Waals surface area (Å²) in [5, 5.41) is 11.1. The van der Waals surface area contributed by atoms with Crippen LogP contribution in [0.4, 0.5) is 11.4 Å². The summed E-state index contributed by atoms with van der Waals surface area (Å²) >= 11 is 1.73. The number of thiophene rings is 1. The first kappa shape index (κ1) is 16.9. The Morgan fingerprint density at radius 3 is 2.62 bits per heavy atom. The lowest BCUT2D eigenvalue weighted by Gasteiger charge is -2.26. The molecule has 0 radical (unpaired) electrons. The summed E-state index contributed by atoms with van der Waals surface area (Å²) in [6.07, 6.45) is 3.00. The van der Waals surface area contributed by atoms with Crippen molar-refractivity contribution >= 4 is 32.5 Å². The summed E-state index contributed by atoms with van der Waals surface area (Å²) in [6, 6.07) is 8.75. The van der Waals surface area contributed by atoms with E-state index in [9.17, 15) is 18.5 Å². The maximum Gasteiger partial charge on any atom is 0.288 e. The number of hydrogen-bond donors (Lipinski definition) is 0. The van der Waals surface area contributed by atoms with E-state index < -0.39 is 14.8 Å². The number of benzene rings is 1. The van der Waals surface area contributed by atoms with E-state index in [1.165, 1.54) is 21.9 Å². The van der Waals surface area contributed by atoms with Crippen LogP contribution in [0.15, 0.2) is 35.2 Å². The van der Waals surface area contributed by atoms with E-state index in [4.69, 9.17) is 0 Å². The highest BCUT2D eigenvalue weighted by atomic mass is 32.2. The van der Waals surface area contributed by atoms with Gasteiger partial charge in [0.05, 0.1) is 11.0 Å². The van der Waals surface area contributed by atoms with Gasteiger partial charge in [-0.3, -0.25) is 10.1 Å². The van der Waals surface area contributed by atoms with Crippen LogP contribution in [-0.4, -0.2) is 26.1 Å². The van der Waals surface area contributed by atoms with Crippen molar-refractivity contribution in [2.45, 2.75) is 30.7 Å². The van der Waals surface area contributed by atoms with E-state index >= 15 is 0 Å². The Hall–Kier alpha value is -1.93. The molecule has 24 heavy (non-hydrogen) atoms. The number of nitro groups is 1. The van der Waals surface area contributed by atoms with Crippen molar-refractivity contribution in [1.82, 2.24) is 0 Å². The zero-order valence-corrected chi connectivity index (χ0v) is 15.1. The Balaban J connectivity index is 2.04. The van der Waals surface area contributed by atoms with Gasteiger partial charge in [0.25, 0.3) is 5.69 Å². The Labute approximate surface area is 144 Å². The van der Waals surface area contributed by atoms with Gasteiger partial charge in [0, 0.05) is 34.3 Å². The number of nitrogens with zero attached hydrogens (tertiary/aromatic N) is 2. The fraction of sp³-hybridized carbons (Fsp3) is 0.375. The third-order valence-corrected chi connectivity index (χ3v) is 6.44. The average Bonchev–Trinajstić information content (AvgIpc) is 3.14. The maximum absolute atomic E-state index is 12.0. The molecule has 0 saturated carbocycles. The minimum Gasteiger partial charge on any atom is -0.364 e. The lowest BCUT2D eigenvalue weighted by atomic mass is 10.1. The molecular weight excluding hydrogens is 348 g/mol. The molecule has 2 heterocycles. The first-order valence-electron chi connectivity index (χ1n) is 7.59. The van der Waals surface area contributed by atoms with Crippen molar-refractivity contribution in [2.75, 3.05) is 17.7 Å². The van der Waals surface area contributed by atoms with E-state index in [-0.39, 0.29) is 16.6 Å². The van der Waals surface area contributed by atoms with Gasteiger partial charge in [-0.25, -0.2) is 8.42 Å². The molecule has 3 rings (SSSR count). The van der Waals surface area contributed by atoms with Gasteiger partial charge in [-0.2, -0.15) is 0 Å². The van der Waals surface area contributed by atoms with Crippen LogP contribution in [0.5, 0.6) is 0 Å². The summed E-state index contributed by atoms with van der Waals surface area (Å²) in [5.74, 6) is 0. The highest BCUT2D eigenvalue weighted by molar-refractivity contribution is 7.90. The molecule has 1 saturated heterocycles. The monoisotopic (exact) mass is 366 g/mol. The van der Waals surface area contributed by atoms with Gasteiger partial charge in [0.15, 0.2) is 9.84 Å². The van der Waals surface area contributed by atoms with Crippen LogP contribution in [0.3, 0.4) is 0 Å². The molecule has 6 nitrogen and oxygen atoms in total. The van der Waals surface area contributed by atoms with Gasteiger partial charge in [0.1, 0.15) is 4.90 Å². The Morgan fingerprint density at radius 2 is 2.04 bits per heavy atom. The molecule has 1 fully saturated rings. The van der Waals surface area contributed by atoms with Gasteiger partial charge < -0.3 is 4.90 Å². The number of hydrogen-bond acceptors (Lipinski definition) is 6. The number of aryl methyl sites for hydroxylation is 1. The third kappa shape index (κ3) is 3.16. The Kier molecular flexibility index (Phi) is 4.35. The van der Waals surface area contributed by atoms with Crippen molar-refractivity contribution in [2.24, 2.45) is 0 Å². The van der Waals surface area contributed by atoms with Gasteiger partial charge in [-0.1, -0.05) is 0 Å². The zero-order chi connectivity index (χ0) is 17.5. The molecule has 1 aliphatic heterocycles. The first-order valence-corrected chi connectivity index (χ1v) is 10.3. The van der Waals surface area contributed by atoms with E-state index in [1.54, 1.807) is 17.4 Å². The van der Waals surface area contributed by atoms with Crippen LogP contribution in [-0.2, 0) is 9.84 Å². The molecule has 0 bridgehead atoms. The van der Waals surface area contributed by atoms with E-state index in [0.717, 1.165) is 31.3 Å². The van der Waals surface area contributed by atoms with E-state index in [0.29, 0.717) is 0 Å². The smallest absolute Gasteiger partial charge is 0.288 e. The van der Waals surface area contributed by atoms with Gasteiger partial charge in [0.2, 0.25) is 0 Å². The second-order valence-electron chi connectivity index (χ2n) is 5.98. The SMILES string of the molecule is Cc1ccc(C2CCCN2c2ccc([N+](=O)[O-])c(S(C)(=O)=O)c2)s1. The molecule has 8 heteroatoms. The summed E-state index contributed by atoms with van der Waals surface area (Å²) in [4.78, 5) is 14.9. The highest BCUT2D eigenvalue weighted by Crippen LogP contribution is 2.40. The highest BCUT2D eigenvalue weighted by Gasteiger charge is 2.30. The number of anilines is 1. The molecule has 1 aliphatic rings. The largest absolute Gasteiger partial charge is 0.364 e. The summed E-state index contributed by atoms with van der Waals surface area (Å²) < 4.78 is 23.9. The molecule has 1 atom stereocenters. The van der Waals surface area contributed by atoms with Crippen LogP contribution in [0.25, 0.3) is 0 Å². The molecule has 1 unspecified atom stereocenters. The van der Waals surface area contributed by atoms with Gasteiger partial charge in [-0.05, 0) is 44.0 Å². The molecule has 0 aliphatic carbocycles. The minimum atomic E-state index is -3.67. The van der Waals surface area contributed by atoms with Crippen molar-refractivity contribution in [1.29, 1.82) is 0 Å². The van der Waals surface area contributed by atoms with Gasteiger partial charge in [-0.15, -0.1) is 11.3 Å². The predicted octanol–water partition coefficient (Wildman–Crippen LogP) is 3.71. The number of nitro benzene ring substituents is 1. The second kappa shape index (κ2) is 6.18. The van der Waals surface area contributed by atoms with Crippen LogP contribution in [0.2, 0.25) is 0 Å². The van der Waals surface area contributed by atoms with Crippen LogP contribution >= 0.6 is 11.3 Å². The van der Waals surface area contributed by atoms with Crippen molar-refractivity contribution in [3.05, 3.63) is 50.2 Å². The summed E-state index contributed by atoms with van der Waals surface area (Å²) in [6.45, 7) is 2.86. The predicted molar refractivity (Wildman–Crippen MR) is 94.6 cm³/mol. The van der Waals surface area contributed by atoms with E-state index in [1.807, 2.05) is 0 Å². The first-order chi connectivity index (χ1) is 11.3. The molecular formula is C16H18N2O4S2. The van der Waals surface area contributed by atoms with Crippen LogP contribution in [0.1, 0.15) is 28.6 Å². The second-order valence-corrected chi connectivity index (χ2v) is 9.28. The van der Waals surface area contributed by atoms with Crippen LogP contribution in [0, 0.1) is 17.0 Å². The fourth-order valence-electron chi connectivity index (χ4n) is 3.13. The molecule has 128 valence electrons. The average molecular weight is 366 g/mol. The van der Waals surface area contributed by atoms with Gasteiger partial charge >= 0.3 is 0 Å². The Morgan fingerprint density at radius 1 is 1.29 bits per heavy atom. The minimum absolute atomic E-state index is 0.192. The molecule has 0 spiro atoms. The number of rotatable bonds is 4. The van der Waals surface area contributed by atoms with Crippen molar-refractivity contribution in [3.63, 3.8) is 0 Å². The molecule has 0 amide bonds. The van der Waals surface area contributed by atoms with Crippen molar-refractivity contribution in [3.8, 4) is 0 Å².